The van der Waals surface area contributed by atoms with Gasteiger partial charge in [0.05, 0.1) is 18.0 Å². The van der Waals surface area contributed by atoms with Gasteiger partial charge in [-0.15, -0.1) is 0 Å². The van der Waals surface area contributed by atoms with Crippen LogP contribution >= 0.6 is 0 Å². The van der Waals surface area contributed by atoms with Crippen LogP contribution in [0.15, 0.2) is 39.7 Å². The Morgan fingerprint density at radius 2 is 1.91 bits per heavy atom. The van der Waals surface area contributed by atoms with Crippen LogP contribution in [-0.4, -0.2) is 33.7 Å². The van der Waals surface area contributed by atoms with E-state index in [0.29, 0.717) is 24.8 Å². The second kappa shape index (κ2) is 5.68. The third-order valence-electron chi connectivity index (χ3n) is 4.67. The Morgan fingerprint density at radius 1 is 1.13 bits per heavy atom. The molecule has 0 N–H and O–H groups in total. The van der Waals surface area contributed by atoms with E-state index in [1.54, 1.807) is 27.8 Å². The molecule has 0 bridgehead atoms. The monoisotopic (exact) mass is 313 g/mol. The van der Waals surface area contributed by atoms with Crippen molar-refractivity contribution in [3.63, 3.8) is 0 Å². The molecule has 1 saturated carbocycles. The zero-order chi connectivity index (χ0) is 15.8. The molecule has 3 heterocycles. The molecule has 1 amide bonds. The van der Waals surface area contributed by atoms with Crippen LogP contribution in [0.25, 0.3) is 0 Å². The first-order valence-electron chi connectivity index (χ1n) is 8.15. The van der Waals surface area contributed by atoms with Crippen molar-refractivity contribution < 1.29 is 9.21 Å². The summed E-state index contributed by atoms with van der Waals surface area (Å²) in [6, 6.07) is 6.95. The minimum Gasteiger partial charge on any atom is -0.459 e. The fourth-order valence-corrected chi connectivity index (χ4v) is 3.17. The van der Waals surface area contributed by atoms with Crippen LogP contribution in [0.4, 0.5) is 0 Å². The van der Waals surface area contributed by atoms with Gasteiger partial charge in [0, 0.05) is 25.1 Å². The van der Waals surface area contributed by atoms with Crippen LogP contribution in [0.1, 0.15) is 53.9 Å². The predicted molar refractivity (Wildman–Crippen MR) is 83.4 cm³/mol. The van der Waals surface area contributed by atoms with E-state index in [9.17, 15) is 9.59 Å². The quantitative estimate of drug-likeness (QED) is 0.871. The zero-order valence-corrected chi connectivity index (χ0v) is 12.9. The van der Waals surface area contributed by atoms with Gasteiger partial charge in [0.2, 0.25) is 0 Å². The zero-order valence-electron chi connectivity index (χ0n) is 12.9. The van der Waals surface area contributed by atoms with Gasteiger partial charge in [-0.1, -0.05) is 0 Å². The Balaban J connectivity index is 1.46. The van der Waals surface area contributed by atoms with Crippen LogP contribution in [-0.2, 0) is 0 Å². The Morgan fingerprint density at radius 3 is 2.57 bits per heavy atom. The molecule has 2 aromatic heterocycles. The Kier molecular flexibility index (Phi) is 3.52. The summed E-state index contributed by atoms with van der Waals surface area (Å²) in [5.41, 5.74) is 0.976. The van der Waals surface area contributed by atoms with Gasteiger partial charge in [-0.3, -0.25) is 9.59 Å². The third-order valence-corrected chi connectivity index (χ3v) is 4.67. The molecule has 1 aliphatic heterocycles. The lowest BCUT2D eigenvalue weighted by Gasteiger charge is -2.31. The number of nitrogens with zero attached hydrogens (tertiary/aromatic N) is 3. The number of carbonyl (C=O) groups is 1. The van der Waals surface area contributed by atoms with Crippen molar-refractivity contribution in [1.29, 1.82) is 0 Å². The molecule has 2 aliphatic rings. The summed E-state index contributed by atoms with van der Waals surface area (Å²) in [6.45, 7) is 1.23. The molecule has 1 aliphatic carbocycles. The first-order valence-corrected chi connectivity index (χ1v) is 8.15. The normalized spacial score (nSPS) is 19.0. The van der Waals surface area contributed by atoms with Crippen LogP contribution in [0, 0.1) is 0 Å². The van der Waals surface area contributed by atoms with Crippen molar-refractivity contribution in [3.8, 4) is 0 Å². The molecule has 120 valence electrons. The highest BCUT2D eigenvalue weighted by molar-refractivity contribution is 5.91. The second-order valence-electron chi connectivity index (χ2n) is 6.32. The molecular weight excluding hydrogens is 294 g/mol. The summed E-state index contributed by atoms with van der Waals surface area (Å²) in [4.78, 5) is 26.2. The van der Waals surface area contributed by atoms with E-state index >= 15 is 0 Å². The predicted octanol–water partition coefficient (Wildman–Crippen LogP) is 2.19. The van der Waals surface area contributed by atoms with E-state index in [4.69, 9.17) is 4.42 Å². The van der Waals surface area contributed by atoms with E-state index in [0.717, 1.165) is 18.5 Å². The highest BCUT2D eigenvalue weighted by Gasteiger charge is 2.29. The molecule has 1 saturated heterocycles. The summed E-state index contributed by atoms with van der Waals surface area (Å²) in [5, 5.41) is 4.56. The number of hydrogen-bond acceptors (Lipinski definition) is 4. The lowest BCUT2D eigenvalue weighted by atomic mass is 10.0. The van der Waals surface area contributed by atoms with E-state index in [1.807, 2.05) is 6.07 Å². The van der Waals surface area contributed by atoms with Crippen LogP contribution in [0.3, 0.4) is 0 Å². The number of furan rings is 1. The lowest BCUT2D eigenvalue weighted by molar-refractivity contribution is 0.0655. The van der Waals surface area contributed by atoms with E-state index in [2.05, 4.69) is 5.10 Å². The average Bonchev–Trinajstić information content (AvgIpc) is 3.29. The molecule has 0 spiro atoms. The number of aromatic nitrogens is 2. The molecule has 23 heavy (non-hydrogen) atoms. The van der Waals surface area contributed by atoms with Crippen molar-refractivity contribution in [2.24, 2.45) is 0 Å². The number of hydrogen-bond donors (Lipinski definition) is 0. The van der Waals surface area contributed by atoms with Gasteiger partial charge in [0.15, 0.2) is 5.76 Å². The summed E-state index contributed by atoms with van der Waals surface area (Å²) in [7, 11) is 0. The number of carbonyl (C=O) groups excluding carboxylic acids is 1. The maximum atomic E-state index is 12.3. The maximum Gasteiger partial charge on any atom is 0.289 e. The summed E-state index contributed by atoms with van der Waals surface area (Å²) in [6.07, 6.45) is 5.33. The van der Waals surface area contributed by atoms with Gasteiger partial charge in [0.1, 0.15) is 0 Å². The summed E-state index contributed by atoms with van der Waals surface area (Å²) >= 11 is 0. The number of likely N-dealkylation sites (tertiary alicyclic amines) is 1. The molecule has 0 unspecified atom stereocenters. The van der Waals surface area contributed by atoms with Gasteiger partial charge in [0.25, 0.3) is 11.5 Å². The lowest BCUT2D eigenvalue weighted by Crippen LogP contribution is -2.41. The van der Waals surface area contributed by atoms with Gasteiger partial charge in [-0.05, 0) is 43.9 Å². The molecule has 2 fully saturated rings. The van der Waals surface area contributed by atoms with E-state index in [1.165, 1.54) is 19.1 Å². The standard InChI is InChI=1S/C17H19N3O3/c21-16-6-5-14(12-3-4-12)18-20(16)13-7-9-19(10-8-13)17(22)15-2-1-11-23-15/h1-2,5-6,11-13H,3-4,7-10H2. The number of amides is 1. The van der Waals surface area contributed by atoms with Crippen LogP contribution in [0.5, 0.6) is 0 Å². The van der Waals surface area contributed by atoms with Gasteiger partial charge >= 0.3 is 0 Å². The fraction of sp³-hybridized carbons (Fsp3) is 0.471. The molecule has 0 radical (unpaired) electrons. The van der Waals surface area contributed by atoms with Crippen LogP contribution < -0.4 is 5.56 Å². The largest absolute Gasteiger partial charge is 0.459 e. The Hall–Kier alpha value is -2.37. The molecule has 2 aromatic rings. The third kappa shape index (κ3) is 2.81. The molecule has 4 rings (SSSR count). The Bertz CT molecular complexity index is 754. The van der Waals surface area contributed by atoms with Gasteiger partial charge < -0.3 is 9.32 Å². The van der Waals surface area contributed by atoms with Crippen molar-refractivity contribution in [2.45, 2.75) is 37.6 Å². The van der Waals surface area contributed by atoms with E-state index < -0.39 is 0 Å². The average molecular weight is 313 g/mol. The van der Waals surface area contributed by atoms with Crippen molar-refractivity contribution in [3.05, 3.63) is 52.3 Å². The SMILES string of the molecule is O=C(c1ccco1)N1CCC(n2nc(C3CC3)ccc2=O)CC1. The molecule has 0 atom stereocenters. The highest BCUT2D eigenvalue weighted by atomic mass is 16.3. The van der Waals surface area contributed by atoms with Gasteiger partial charge in [-0.2, -0.15) is 5.10 Å². The summed E-state index contributed by atoms with van der Waals surface area (Å²) < 4.78 is 6.80. The van der Waals surface area contributed by atoms with Crippen molar-refractivity contribution >= 4 is 5.91 Å². The highest BCUT2D eigenvalue weighted by Crippen LogP contribution is 2.38. The first-order chi connectivity index (χ1) is 11.2. The Labute approximate surface area is 133 Å². The second-order valence-corrected chi connectivity index (χ2v) is 6.32. The first kappa shape index (κ1) is 14.2. The van der Waals surface area contributed by atoms with Gasteiger partial charge in [-0.25, -0.2) is 4.68 Å². The topological polar surface area (TPSA) is 68.3 Å². The van der Waals surface area contributed by atoms with Crippen molar-refractivity contribution in [2.75, 3.05) is 13.1 Å². The molecule has 6 heteroatoms. The molecule has 6 nitrogen and oxygen atoms in total. The molecule has 0 aromatic carbocycles. The maximum absolute atomic E-state index is 12.3. The number of rotatable bonds is 3. The van der Waals surface area contributed by atoms with Crippen molar-refractivity contribution in [1.82, 2.24) is 14.7 Å². The van der Waals surface area contributed by atoms with E-state index in [-0.39, 0.29) is 17.5 Å². The molecular formula is C17H19N3O3. The smallest absolute Gasteiger partial charge is 0.289 e. The minimum absolute atomic E-state index is 0.0507. The van der Waals surface area contributed by atoms with Crippen LogP contribution in [0.2, 0.25) is 0 Å². The summed E-state index contributed by atoms with van der Waals surface area (Å²) in [5.74, 6) is 0.817. The number of piperidine rings is 1. The minimum atomic E-state index is -0.0829. The fourth-order valence-electron chi connectivity index (χ4n) is 3.17.